The molecular formula is C14H8BrClN2O. The fourth-order valence-electron chi connectivity index (χ4n) is 1.94. The van der Waals surface area contributed by atoms with Crippen LogP contribution in [0, 0.1) is 0 Å². The van der Waals surface area contributed by atoms with Crippen LogP contribution in [0.3, 0.4) is 0 Å². The number of ketones is 1. The van der Waals surface area contributed by atoms with Crippen molar-refractivity contribution in [1.29, 1.82) is 0 Å². The maximum atomic E-state index is 12.5. The summed E-state index contributed by atoms with van der Waals surface area (Å²) in [6, 6.07) is 8.82. The summed E-state index contributed by atoms with van der Waals surface area (Å²) in [7, 11) is 0. The molecule has 2 heterocycles. The minimum Gasteiger partial charge on any atom is -0.345 e. The van der Waals surface area contributed by atoms with E-state index in [1.54, 1.807) is 30.6 Å². The van der Waals surface area contributed by atoms with Crippen LogP contribution < -0.4 is 0 Å². The van der Waals surface area contributed by atoms with Crippen LogP contribution in [0.15, 0.2) is 47.2 Å². The van der Waals surface area contributed by atoms with Crippen molar-refractivity contribution in [3.8, 4) is 0 Å². The van der Waals surface area contributed by atoms with Crippen LogP contribution >= 0.6 is 27.5 Å². The summed E-state index contributed by atoms with van der Waals surface area (Å²) in [5.41, 5.74) is 1.90. The predicted molar refractivity (Wildman–Crippen MR) is 78.7 cm³/mol. The molecule has 3 nitrogen and oxygen atoms in total. The van der Waals surface area contributed by atoms with Gasteiger partial charge in [-0.25, -0.2) is 4.98 Å². The molecule has 0 saturated heterocycles. The second-order valence-corrected chi connectivity index (χ2v) is 5.32. The van der Waals surface area contributed by atoms with E-state index in [0.29, 0.717) is 26.3 Å². The lowest BCUT2D eigenvalue weighted by atomic mass is 10.0. The monoisotopic (exact) mass is 334 g/mol. The number of aromatic amines is 1. The molecule has 0 aliphatic carbocycles. The molecule has 5 heteroatoms. The fourth-order valence-corrected chi connectivity index (χ4v) is 2.43. The van der Waals surface area contributed by atoms with Crippen LogP contribution in [0.1, 0.15) is 15.9 Å². The number of pyridine rings is 1. The molecule has 0 unspecified atom stereocenters. The number of carbonyl (C=O) groups excluding carboxylic acids is 1. The molecule has 0 atom stereocenters. The van der Waals surface area contributed by atoms with Crippen LogP contribution in [0.4, 0.5) is 0 Å². The first-order valence-electron chi connectivity index (χ1n) is 5.58. The number of H-pyrrole nitrogens is 1. The largest absolute Gasteiger partial charge is 0.345 e. The number of hydrogen-bond donors (Lipinski definition) is 1. The van der Waals surface area contributed by atoms with Gasteiger partial charge < -0.3 is 4.98 Å². The highest BCUT2D eigenvalue weighted by molar-refractivity contribution is 9.10. The molecule has 1 aromatic carbocycles. The highest BCUT2D eigenvalue weighted by Crippen LogP contribution is 2.26. The second-order valence-electron chi connectivity index (χ2n) is 4.06. The van der Waals surface area contributed by atoms with E-state index in [2.05, 4.69) is 25.9 Å². The number of benzene rings is 1. The normalized spacial score (nSPS) is 10.8. The zero-order chi connectivity index (χ0) is 13.4. The Morgan fingerprint density at radius 3 is 2.95 bits per heavy atom. The molecule has 2 aromatic heterocycles. The molecule has 0 amide bonds. The Kier molecular flexibility index (Phi) is 3.12. The Hall–Kier alpha value is -1.65. The number of carbonyl (C=O) groups is 1. The molecule has 3 rings (SSSR count). The van der Waals surface area contributed by atoms with E-state index in [1.807, 2.05) is 12.1 Å². The van der Waals surface area contributed by atoms with Crippen LogP contribution in [0.5, 0.6) is 0 Å². The molecule has 0 fully saturated rings. The average molecular weight is 336 g/mol. The Morgan fingerprint density at radius 2 is 2.16 bits per heavy atom. The molecule has 0 radical (unpaired) electrons. The van der Waals surface area contributed by atoms with Gasteiger partial charge in [0.2, 0.25) is 0 Å². The molecule has 3 aromatic rings. The van der Waals surface area contributed by atoms with E-state index in [9.17, 15) is 4.79 Å². The standard InChI is InChI=1S/C14H8BrClN2O/c15-11-6-8(3-4-12(11)16)13(19)10-7-18-14-9(10)2-1-5-17-14/h1-7H,(H,17,18). The van der Waals surface area contributed by atoms with Crippen LogP contribution in [0.25, 0.3) is 11.0 Å². The van der Waals surface area contributed by atoms with E-state index in [4.69, 9.17) is 11.6 Å². The molecule has 0 saturated carbocycles. The van der Waals surface area contributed by atoms with Gasteiger partial charge in [0.05, 0.1) is 5.02 Å². The average Bonchev–Trinajstić information content (AvgIpc) is 2.85. The quantitative estimate of drug-likeness (QED) is 0.713. The van der Waals surface area contributed by atoms with E-state index in [-0.39, 0.29) is 5.78 Å². The lowest BCUT2D eigenvalue weighted by Crippen LogP contribution is -2.00. The van der Waals surface area contributed by atoms with Crippen LogP contribution in [-0.4, -0.2) is 15.8 Å². The topological polar surface area (TPSA) is 45.8 Å². The van der Waals surface area contributed by atoms with Gasteiger partial charge in [-0.2, -0.15) is 0 Å². The van der Waals surface area contributed by atoms with E-state index < -0.39 is 0 Å². The van der Waals surface area contributed by atoms with Gasteiger partial charge in [0.25, 0.3) is 0 Å². The van der Waals surface area contributed by atoms with Crippen molar-refractivity contribution in [2.75, 3.05) is 0 Å². The minimum absolute atomic E-state index is 0.0587. The zero-order valence-electron chi connectivity index (χ0n) is 9.65. The van der Waals surface area contributed by atoms with E-state index >= 15 is 0 Å². The van der Waals surface area contributed by atoms with E-state index in [1.165, 1.54) is 0 Å². The van der Waals surface area contributed by atoms with Crippen molar-refractivity contribution in [2.45, 2.75) is 0 Å². The summed E-state index contributed by atoms with van der Waals surface area (Å²) in [4.78, 5) is 19.6. The van der Waals surface area contributed by atoms with Gasteiger partial charge in [-0.05, 0) is 46.3 Å². The first-order valence-corrected chi connectivity index (χ1v) is 6.76. The van der Waals surface area contributed by atoms with Gasteiger partial charge in [-0.3, -0.25) is 4.79 Å². The maximum Gasteiger partial charge on any atom is 0.195 e. The third-order valence-corrected chi connectivity index (χ3v) is 4.09. The molecule has 19 heavy (non-hydrogen) atoms. The van der Waals surface area contributed by atoms with Crippen molar-refractivity contribution < 1.29 is 4.79 Å². The number of halogens is 2. The lowest BCUT2D eigenvalue weighted by Gasteiger charge is -2.02. The summed E-state index contributed by atoms with van der Waals surface area (Å²) >= 11 is 9.25. The third-order valence-electron chi connectivity index (χ3n) is 2.88. The summed E-state index contributed by atoms with van der Waals surface area (Å²) in [5, 5.41) is 1.40. The SMILES string of the molecule is O=C(c1ccc(Cl)c(Br)c1)c1c[nH]c2ncccc12. The fraction of sp³-hybridized carbons (Fsp3) is 0. The Morgan fingerprint density at radius 1 is 1.32 bits per heavy atom. The van der Waals surface area contributed by atoms with Crippen molar-refractivity contribution in [3.63, 3.8) is 0 Å². The molecular weight excluding hydrogens is 328 g/mol. The molecule has 0 bridgehead atoms. The number of fused-ring (bicyclic) bond motifs is 1. The molecule has 0 aliphatic rings. The third kappa shape index (κ3) is 2.17. The van der Waals surface area contributed by atoms with Crippen molar-refractivity contribution in [1.82, 2.24) is 9.97 Å². The number of aromatic nitrogens is 2. The lowest BCUT2D eigenvalue weighted by molar-refractivity contribution is 0.104. The summed E-state index contributed by atoms with van der Waals surface area (Å²) in [6.45, 7) is 0. The van der Waals surface area contributed by atoms with Gasteiger partial charge in [0.15, 0.2) is 5.78 Å². The van der Waals surface area contributed by atoms with E-state index in [0.717, 1.165) is 5.39 Å². The van der Waals surface area contributed by atoms with Crippen molar-refractivity contribution in [3.05, 3.63) is 63.3 Å². The van der Waals surface area contributed by atoms with Gasteiger partial charge in [-0.1, -0.05) is 11.6 Å². The molecule has 94 valence electrons. The highest BCUT2D eigenvalue weighted by Gasteiger charge is 2.15. The number of hydrogen-bond acceptors (Lipinski definition) is 2. The predicted octanol–water partition coefficient (Wildman–Crippen LogP) is 4.21. The Bertz CT molecular complexity index is 782. The number of nitrogens with zero attached hydrogens (tertiary/aromatic N) is 1. The Balaban J connectivity index is 2.11. The first-order chi connectivity index (χ1) is 9.16. The van der Waals surface area contributed by atoms with Gasteiger partial charge in [0.1, 0.15) is 5.65 Å². The summed E-state index contributed by atoms with van der Waals surface area (Å²) < 4.78 is 0.706. The van der Waals surface area contributed by atoms with Crippen molar-refractivity contribution in [2.24, 2.45) is 0 Å². The number of rotatable bonds is 2. The molecule has 0 spiro atoms. The van der Waals surface area contributed by atoms with Gasteiger partial charge >= 0.3 is 0 Å². The van der Waals surface area contributed by atoms with Crippen LogP contribution in [0.2, 0.25) is 5.02 Å². The first kappa shape index (κ1) is 12.4. The van der Waals surface area contributed by atoms with Crippen LogP contribution in [-0.2, 0) is 0 Å². The molecule has 1 N–H and O–H groups in total. The maximum absolute atomic E-state index is 12.5. The number of nitrogens with one attached hydrogen (secondary N) is 1. The minimum atomic E-state index is -0.0587. The van der Waals surface area contributed by atoms with Gasteiger partial charge in [-0.15, -0.1) is 0 Å². The van der Waals surface area contributed by atoms with Gasteiger partial charge in [0, 0.05) is 33.4 Å². The second kappa shape index (κ2) is 4.79. The summed E-state index contributed by atoms with van der Waals surface area (Å²) in [5.74, 6) is -0.0587. The highest BCUT2D eigenvalue weighted by atomic mass is 79.9. The zero-order valence-corrected chi connectivity index (χ0v) is 12.0. The Labute approximate surface area is 122 Å². The van der Waals surface area contributed by atoms with Crippen molar-refractivity contribution >= 4 is 44.3 Å². The smallest absolute Gasteiger partial charge is 0.195 e. The summed E-state index contributed by atoms with van der Waals surface area (Å²) in [6.07, 6.45) is 3.37. The molecule has 0 aliphatic heterocycles.